The third-order valence-electron chi connectivity index (χ3n) is 5.62. The van der Waals surface area contributed by atoms with E-state index in [0.29, 0.717) is 24.7 Å². The molecule has 0 saturated carbocycles. The Morgan fingerprint density at radius 2 is 1.11 bits per heavy atom. The van der Waals surface area contributed by atoms with Crippen LogP contribution in [-0.2, 0) is 29.1 Å². The fourth-order valence-electron chi connectivity index (χ4n) is 3.76. The molecule has 0 aliphatic carbocycles. The summed E-state index contributed by atoms with van der Waals surface area (Å²) >= 11 is 0. The molecule has 0 amide bonds. The lowest BCUT2D eigenvalue weighted by molar-refractivity contribution is -0.106. The first-order valence-corrected chi connectivity index (χ1v) is 14.3. The van der Waals surface area contributed by atoms with E-state index in [0.717, 1.165) is 38.5 Å². The molecule has 2 aliphatic heterocycles. The standard InChI is InChI=1S/C23H26N2O8S2/c24-25-23(34(26,27)19-11-7-17(8-12-19)32-21-5-1-3-15-30-21)35(28,29)20-13-9-18(10-14-20)33-22-6-2-4-16-31-22/h7-14,21-22H,1-6,15-16H2. The van der Waals surface area contributed by atoms with Crippen LogP contribution in [0.4, 0.5) is 0 Å². The highest BCUT2D eigenvalue weighted by atomic mass is 32.3. The van der Waals surface area contributed by atoms with Crippen LogP contribution in [0.1, 0.15) is 38.5 Å². The van der Waals surface area contributed by atoms with Crippen molar-refractivity contribution in [1.82, 2.24) is 0 Å². The minimum absolute atomic E-state index is 0.361. The zero-order valence-electron chi connectivity index (χ0n) is 18.9. The lowest BCUT2D eigenvalue weighted by Crippen LogP contribution is -2.27. The van der Waals surface area contributed by atoms with Crippen molar-refractivity contribution in [2.24, 2.45) is 0 Å². The van der Waals surface area contributed by atoms with Crippen molar-refractivity contribution in [2.45, 2.75) is 60.9 Å². The molecular formula is C23H26N2O8S2. The minimum Gasteiger partial charge on any atom is -0.465 e. The van der Waals surface area contributed by atoms with Crippen LogP contribution in [-0.4, -0.2) is 51.8 Å². The van der Waals surface area contributed by atoms with Gasteiger partial charge < -0.3 is 24.5 Å². The van der Waals surface area contributed by atoms with E-state index < -0.39 is 36.6 Å². The van der Waals surface area contributed by atoms with Crippen molar-refractivity contribution in [2.75, 3.05) is 13.2 Å². The van der Waals surface area contributed by atoms with E-state index in [2.05, 4.69) is 4.79 Å². The Bertz CT molecular complexity index is 1180. The number of benzene rings is 2. The highest BCUT2D eigenvalue weighted by Gasteiger charge is 2.44. The Morgan fingerprint density at radius 1 is 0.714 bits per heavy atom. The summed E-state index contributed by atoms with van der Waals surface area (Å²) in [5, 5.41) is 0. The van der Waals surface area contributed by atoms with E-state index in [1.54, 1.807) is 0 Å². The van der Waals surface area contributed by atoms with E-state index in [9.17, 15) is 22.4 Å². The fraction of sp³-hybridized carbons (Fsp3) is 0.435. The molecule has 0 N–H and O–H groups in total. The molecule has 2 aromatic rings. The van der Waals surface area contributed by atoms with Gasteiger partial charge >= 0.3 is 4.38 Å². The monoisotopic (exact) mass is 522 g/mol. The van der Waals surface area contributed by atoms with Gasteiger partial charge in [-0.05, 0) is 74.2 Å². The van der Waals surface area contributed by atoms with Gasteiger partial charge in [-0.1, -0.05) is 0 Å². The van der Waals surface area contributed by atoms with Gasteiger partial charge in [0.25, 0.3) is 19.7 Å². The maximum atomic E-state index is 13.0. The van der Waals surface area contributed by atoms with Gasteiger partial charge in [0.15, 0.2) is 12.6 Å². The lowest BCUT2D eigenvalue weighted by atomic mass is 10.2. The number of hydrogen-bond donors (Lipinski definition) is 0. The Labute approximate surface area is 204 Å². The molecule has 0 bridgehead atoms. The van der Waals surface area contributed by atoms with Crippen LogP contribution in [0.3, 0.4) is 0 Å². The van der Waals surface area contributed by atoms with E-state index >= 15 is 0 Å². The second-order valence-electron chi connectivity index (χ2n) is 8.14. The first-order valence-electron chi connectivity index (χ1n) is 11.3. The molecule has 4 rings (SSSR count). The normalized spacial score (nSPS) is 21.0. The molecule has 2 unspecified atom stereocenters. The number of nitrogens with zero attached hydrogens (tertiary/aromatic N) is 2. The zero-order chi connectivity index (χ0) is 24.9. The molecule has 2 atom stereocenters. The number of hydrogen-bond acceptors (Lipinski definition) is 8. The maximum absolute atomic E-state index is 13.0. The predicted molar refractivity (Wildman–Crippen MR) is 124 cm³/mol. The van der Waals surface area contributed by atoms with E-state index in [1.807, 2.05) is 0 Å². The average Bonchev–Trinajstić information content (AvgIpc) is 2.86. The topological polar surface area (TPSA) is 142 Å². The van der Waals surface area contributed by atoms with E-state index in [4.69, 9.17) is 18.9 Å². The summed E-state index contributed by atoms with van der Waals surface area (Å²) in [6.45, 7) is 1.18. The Balaban J connectivity index is 1.50. The average molecular weight is 523 g/mol. The molecule has 2 fully saturated rings. The molecule has 0 aromatic heterocycles. The fourth-order valence-corrected chi connectivity index (χ4v) is 7.10. The summed E-state index contributed by atoms with van der Waals surface area (Å²) in [6, 6.07) is 10.3. The van der Waals surface area contributed by atoms with Crippen LogP contribution in [0, 0.1) is 0 Å². The van der Waals surface area contributed by atoms with Crippen LogP contribution in [0.25, 0.3) is 5.53 Å². The molecule has 0 radical (unpaired) electrons. The number of ether oxygens (including phenoxy) is 4. The van der Waals surface area contributed by atoms with Crippen molar-refractivity contribution in [3.63, 3.8) is 0 Å². The van der Waals surface area contributed by atoms with E-state index in [-0.39, 0.29) is 9.79 Å². The summed E-state index contributed by atoms with van der Waals surface area (Å²) in [4.78, 5) is 1.93. The van der Waals surface area contributed by atoms with Crippen molar-refractivity contribution in [3.05, 3.63) is 54.1 Å². The maximum Gasteiger partial charge on any atom is 0.504 e. The molecule has 2 saturated heterocycles. The van der Waals surface area contributed by atoms with Gasteiger partial charge in [0.1, 0.15) is 11.5 Å². The summed E-state index contributed by atoms with van der Waals surface area (Å²) in [5.41, 5.74) is 9.41. The van der Waals surface area contributed by atoms with Gasteiger partial charge in [0.05, 0.1) is 23.0 Å². The number of sulfone groups is 2. The highest BCUT2D eigenvalue weighted by molar-refractivity contribution is 8.31. The van der Waals surface area contributed by atoms with Crippen LogP contribution >= 0.6 is 0 Å². The summed E-state index contributed by atoms with van der Waals surface area (Å²) in [6.07, 6.45) is 4.45. The smallest absolute Gasteiger partial charge is 0.465 e. The predicted octanol–water partition coefficient (Wildman–Crippen LogP) is 3.33. The van der Waals surface area contributed by atoms with Gasteiger partial charge in [-0.3, -0.25) is 0 Å². The van der Waals surface area contributed by atoms with Gasteiger partial charge in [-0.2, -0.15) is 0 Å². The second-order valence-corrected chi connectivity index (χ2v) is 12.1. The van der Waals surface area contributed by atoms with Gasteiger partial charge in [0.2, 0.25) is 0 Å². The summed E-state index contributed by atoms with van der Waals surface area (Å²) < 4.78 is 73.1. The second kappa shape index (κ2) is 10.9. The van der Waals surface area contributed by atoms with Gasteiger partial charge in [0, 0.05) is 12.8 Å². The van der Waals surface area contributed by atoms with Crippen LogP contribution < -0.4 is 9.47 Å². The van der Waals surface area contributed by atoms with Crippen LogP contribution in [0.2, 0.25) is 0 Å². The molecule has 12 heteroatoms. The Morgan fingerprint density at radius 3 is 1.43 bits per heavy atom. The summed E-state index contributed by atoms with van der Waals surface area (Å²) in [5.74, 6) is 0.748. The quantitative estimate of drug-likeness (QED) is 0.243. The molecule has 10 nitrogen and oxygen atoms in total. The minimum atomic E-state index is -4.67. The molecule has 2 aromatic carbocycles. The third kappa shape index (κ3) is 5.91. The Hall–Kier alpha value is -2.76. The SMILES string of the molecule is [N-]=[N+]=C(S(=O)(=O)c1ccc(OC2CCCCO2)cc1)S(=O)(=O)c1ccc(OC2CCCCO2)cc1. The molecule has 2 aliphatic rings. The first-order chi connectivity index (χ1) is 16.8. The highest BCUT2D eigenvalue weighted by Crippen LogP contribution is 2.26. The first kappa shape index (κ1) is 25.3. The third-order valence-corrected chi connectivity index (χ3v) is 9.81. The summed E-state index contributed by atoms with van der Waals surface area (Å²) in [7, 11) is -9.33. The molecule has 35 heavy (non-hydrogen) atoms. The van der Waals surface area contributed by atoms with E-state index in [1.165, 1.54) is 48.5 Å². The van der Waals surface area contributed by atoms with Gasteiger partial charge in [-0.15, -0.1) is 4.79 Å². The molecule has 2 heterocycles. The van der Waals surface area contributed by atoms with Crippen molar-refractivity contribution < 1.29 is 40.6 Å². The molecular weight excluding hydrogens is 496 g/mol. The van der Waals surface area contributed by atoms with Crippen molar-refractivity contribution >= 4 is 24.1 Å². The Kier molecular flexibility index (Phi) is 7.88. The van der Waals surface area contributed by atoms with Crippen molar-refractivity contribution in [1.29, 1.82) is 0 Å². The molecule has 188 valence electrons. The largest absolute Gasteiger partial charge is 0.504 e. The lowest BCUT2D eigenvalue weighted by Gasteiger charge is -2.23. The molecule has 0 spiro atoms. The van der Waals surface area contributed by atoms with Crippen molar-refractivity contribution in [3.8, 4) is 11.5 Å². The van der Waals surface area contributed by atoms with Gasteiger partial charge in [-0.25, -0.2) is 16.8 Å². The zero-order valence-corrected chi connectivity index (χ0v) is 20.5. The number of rotatable bonds is 6. The van der Waals surface area contributed by atoms with Crippen LogP contribution in [0.15, 0.2) is 58.3 Å². The van der Waals surface area contributed by atoms with Crippen LogP contribution in [0.5, 0.6) is 11.5 Å².